The van der Waals surface area contributed by atoms with Gasteiger partial charge in [-0.2, -0.15) is 0 Å². The van der Waals surface area contributed by atoms with Crippen LogP contribution < -0.4 is 0 Å². The third-order valence-corrected chi connectivity index (χ3v) is 3.13. The van der Waals surface area contributed by atoms with Gasteiger partial charge in [0.25, 0.3) is 0 Å². The van der Waals surface area contributed by atoms with Gasteiger partial charge in [0.05, 0.1) is 12.7 Å². The van der Waals surface area contributed by atoms with E-state index in [1.54, 1.807) is 6.07 Å². The molecule has 0 saturated heterocycles. The van der Waals surface area contributed by atoms with E-state index in [0.29, 0.717) is 12.4 Å². The molecule has 0 aliphatic carbocycles. The second-order valence-electron chi connectivity index (χ2n) is 4.75. The molecule has 2 aromatic rings. The molecule has 2 nitrogen and oxygen atoms in total. The average molecular weight is 256 g/mol. The predicted octanol–water partition coefficient (Wildman–Crippen LogP) is 3.58. The molecule has 0 fully saturated rings. The first-order valence-electron chi connectivity index (χ1n) is 6.68. The van der Waals surface area contributed by atoms with Crippen LogP contribution in [0, 0.1) is 0 Å². The Bertz CT molecular complexity index is 494. The van der Waals surface area contributed by atoms with Crippen LogP contribution in [0.2, 0.25) is 0 Å². The van der Waals surface area contributed by atoms with Crippen molar-refractivity contribution in [1.82, 2.24) is 0 Å². The lowest BCUT2D eigenvalue weighted by Crippen LogP contribution is -2.13. The number of phenolic OH excluding ortho intramolecular Hbond substituents is 1. The topological polar surface area (TPSA) is 29.5 Å². The third-order valence-electron chi connectivity index (χ3n) is 3.13. The normalized spacial score (nSPS) is 12.3. The minimum absolute atomic E-state index is 0.108. The van der Waals surface area contributed by atoms with Crippen LogP contribution in [0.25, 0.3) is 0 Å². The summed E-state index contributed by atoms with van der Waals surface area (Å²) in [6.07, 6.45) is 1.77. The molecule has 0 saturated carbocycles. The molecule has 0 amide bonds. The number of aromatic hydroxyl groups is 1. The molecule has 0 spiro atoms. The Labute approximate surface area is 114 Å². The summed E-state index contributed by atoms with van der Waals surface area (Å²) in [6, 6.07) is 17.7. The van der Waals surface area contributed by atoms with Crippen molar-refractivity contribution >= 4 is 0 Å². The molecule has 1 N–H and O–H groups in total. The van der Waals surface area contributed by atoms with E-state index < -0.39 is 0 Å². The summed E-state index contributed by atoms with van der Waals surface area (Å²) in [5.74, 6) is 0.348. The van der Waals surface area contributed by atoms with Gasteiger partial charge in [-0.3, -0.25) is 0 Å². The van der Waals surface area contributed by atoms with Gasteiger partial charge in [0, 0.05) is 6.42 Å². The highest BCUT2D eigenvalue weighted by Gasteiger charge is 2.07. The molecule has 0 aliphatic heterocycles. The van der Waals surface area contributed by atoms with Gasteiger partial charge in [0.1, 0.15) is 5.75 Å². The maximum atomic E-state index is 9.71. The van der Waals surface area contributed by atoms with Crippen LogP contribution in [0.4, 0.5) is 0 Å². The quantitative estimate of drug-likeness (QED) is 0.856. The third kappa shape index (κ3) is 4.42. The van der Waals surface area contributed by atoms with Crippen molar-refractivity contribution in [3.63, 3.8) is 0 Å². The van der Waals surface area contributed by atoms with Crippen LogP contribution in [0.1, 0.15) is 18.1 Å². The molecule has 0 heterocycles. The van der Waals surface area contributed by atoms with Crippen molar-refractivity contribution in [3.8, 4) is 5.75 Å². The smallest absolute Gasteiger partial charge is 0.118 e. The molecule has 1 atom stereocenters. The number of benzene rings is 2. The van der Waals surface area contributed by atoms with E-state index in [0.717, 1.165) is 18.4 Å². The predicted molar refractivity (Wildman–Crippen MR) is 77.4 cm³/mol. The Morgan fingerprint density at radius 1 is 1.00 bits per heavy atom. The lowest BCUT2D eigenvalue weighted by Gasteiger charge is -2.14. The van der Waals surface area contributed by atoms with Crippen LogP contribution in [-0.2, 0) is 17.6 Å². The minimum atomic E-state index is 0.108. The molecule has 2 heteroatoms. The number of rotatable bonds is 6. The Morgan fingerprint density at radius 2 is 1.68 bits per heavy atom. The van der Waals surface area contributed by atoms with Crippen molar-refractivity contribution in [1.29, 1.82) is 0 Å². The van der Waals surface area contributed by atoms with Gasteiger partial charge >= 0.3 is 0 Å². The lowest BCUT2D eigenvalue weighted by molar-refractivity contribution is 0.0683. The van der Waals surface area contributed by atoms with Crippen molar-refractivity contribution < 1.29 is 9.84 Å². The van der Waals surface area contributed by atoms with E-state index in [4.69, 9.17) is 4.74 Å². The fraction of sp³-hybridized carbons (Fsp3) is 0.294. The standard InChI is InChI=1S/C17H20O2/c1-14(13-16-9-5-6-10-17(16)18)19-12-11-15-7-3-2-4-8-15/h2-10,14,18H,11-13H2,1H3. The Kier molecular flexibility index (Phi) is 4.99. The minimum Gasteiger partial charge on any atom is -0.508 e. The number of phenols is 1. The van der Waals surface area contributed by atoms with E-state index in [1.165, 1.54) is 5.56 Å². The summed E-state index contributed by atoms with van der Waals surface area (Å²) in [7, 11) is 0. The van der Waals surface area contributed by atoms with E-state index in [2.05, 4.69) is 12.1 Å². The summed E-state index contributed by atoms with van der Waals surface area (Å²) in [6.45, 7) is 2.75. The van der Waals surface area contributed by atoms with Gasteiger partial charge in [-0.1, -0.05) is 48.5 Å². The second kappa shape index (κ2) is 6.95. The number of hydrogen-bond acceptors (Lipinski definition) is 2. The van der Waals surface area contributed by atoms with Crippen LogP contribution in [0.3, 0.4) is 0 Å². The molecule has 2 aromatic carbocycles. The fourth-order valence-electron chi connectivity index (χ4n) is 2.07. The maximum Gasteiger partial charge on any atom is 0.118 e. The number of hydrogen-bond donors (Lipinski definition) is 1. The summed E-state index contributed by atoms with van der Waals surface area (Å²) >= 11 is 0. The first-order valence-corrected chi connectivity index (χ1v) is 6.68. The first kappa shape index (κ1) is 13.6. The second-order valence-corrected chi connectivity index (χ2v) is 4.75. The monoisotopic (exact) mass is 256 g/mol. The molecule has 2 rings (SSSR count). The van der Waals surface area contributed by atoms with E-state index in [9.17, 15) is 5.11 Å². The van der Waals surface area contributed by atoms with Crippen LogP contribution in [0.15, 0.2) is 54.6 Å². The van der Waals surface area contributed by atoms with Crippen molar-refractivity contribution in [2.45, 2.75) is 25.9 Å². The zero-order chi connectivity index (χ0) is 13.5. The lowest BCUT2D eigenvalue weighted by atomic mass is 10.1. The van der Waals surface area contributed by atoms with Gasteiger partial charge in [-0.25, -0.2) is 0 Å². The van der Waals surface area contributed by atoms with Crippen LogP contribution >= 0.6 is 0 Å². The van der Waals surface area contributed by atoms with Gasteiger partial charge in [0.15, 0.2) is 0 Å². The Hall–Kier alpha value is -1.80. The zero-order valence-electron chi connectivity index (χ0n) is 11.3. The highest BCUT2D eigenvalue weighted by molar-refractivity contribution is 5.32. The van der Waals surface area contributed by atoms with Gasteiger partial charge in [-0.15, -0.1) is 0 Å². The first-order chi connectivity index (χ1) is 9.25. The van der Waals surface area contributed by atoms with Crippen molar-refractivity contribution in [2.24, 2.45) is 0 Å². The molecule has 19 heavy (non-hydrogen) atoms. The Morgan fingerprint density at radius 3 is 2.42 bits per heavy atom. The molecular weight excluding hydrogens is 236 g/mol. The summed E-state index contributed by atoms with van der Waals surface area (Å²) in [5, 5.41) is 9.71. The summed E-state index contributed by atoms with van der Waals surface area (Å²) < 4.78 is 5.79. The van der Waals surface area contributed by atoms with E-state index in [-0.39, 0.29) is 6.10 Å². The van der Waals surface area contributed by atoms with Crippen molar-refractivity contribution in [2.75, 3.05) is 6.61 Å². The molecule has 0 aromatic heterocycles. The van der Waals surface area contributed by atoms with Gasteiger partial charge in [-0.05, 0) is 30.5 Å². The Balaban J connectivity index is 1.76. The highest BCUT2D eigenvalue weighted by atomic mass is 16.5. The van der Waals surface area contributed by atoms with Crippen molar-refractivity contribution in [3.05, 3.63) is 65.7 Å². The zero-order valence-corrected chi connectivity index (χ0v) is 11.3. The number of ether oxygens (including phenoxy) is 1. The molecule has 0 bridgehead atoms. The fourth-order valence-corrected chi connectivity index (χ4v) is 2.07. The maximum absolute atomic E-state index is 9.71. The van der Waals surface area contributed by atoms with Gasteiger partial charge < -0.3 is 9.84 Å². The molecule has 1 unspecified atom stereocenters. The van der Waals surface area contributed by atoms with Crippen LogP contribution in [0.5, 0.6) is 5.75 Å². The average Bonchev–Trinajstić information content (AvgIpc) is 2.43. The van der Waals surface area contributed by atoms with Crippen LogP contribution in [-0.4, -0.2) is 17.8 Å². The van der Waals surface area contributed by atoms with E-state index >= 15 is 0 Å². The van der Waals surface area contributed by atoms with E-state index in [1.807, 2.05) is 43.3 Å². The molecule has 0 radical (unpaired) electrons. The largest absolute Gasteiger partial charge is 0.508 e. The molecular formula is C17H20O2. The summed E-state index contributed by atoms with van der Waals surface area (Å²) in [4.78, 5) is 0. The SMILES string of the molecule is CC(Cc1ccccc1O)OCCc1ccccc1. The highest BCUT2D eigenvalue weighted by Crippen LogP contribution is 2.18. The number of para-hydroxylation sites is 1. The van der Waals surface area contributed by atoms with Gasteiger partial charge in [0.2, 0.25) is 0 Å². The molecule has 0 aliphatic rings. The molecule has 100 valence electrons. The summed E-state index contributed by atoms with van der Waals surface area (Å²) in [5.41, 5.74) is 2.23.